The van der Waals surface area contributed by atoms with Crippen molar-refractivity contribution in [3.05, 3.63) is 66.7 Å². The summed E-state index contributed by atoms with van der Waals surface area (Å²) in [6, 6.07) is 7.32. The molecule has 38 heavy (non-hydrogen) atoms. The minimum atomic E-state index is -4.83. The maximum absolute atomic E-state index is 14.0. The molecule has 4 rings (SSSR count). The highest BCUT2D eigenvalue weighted by Crippen LogP contribution is 2.37. The minimum absolute atomic E-state index is 0.00876. The Morgan fingerprint density at radius 2 is 1.68 bits per heavy atom. The molecule has 0 saturated carbocycles. The number of ether oxygens (including phenoxy) is 2. The number of nitrogens with zero attached hydrogens (tertiary/aromatic N) is 3. The van der Waals surface area contributed by atoms with E-state index in [0.717, 1.165) is 36.1 Å². The number of methoxy groups -OCH3 is 2. The lowest BCUT2D eigenvalue weighted by Gasteiger charge is -2.11. The first-order valence-electron chi connectivity index (χ1n) is 10.4. The van der Waals surface area contributed by atoms with Gasteiger partial charge in [0.15, 0.2) is 17.0 Å². The number of fused-ring (bicyclic) bond motifs is 1. The van der Waals surface area contributed by atoms with Gasteiger partial charge in [0.1, 0.15) is 9.88 Å². The molecule has 3 heterocycles. The highest BCUT2D eigenvalue weighted by molar-refractivity contribution is 9.11. The number of thiophene rings is 1. The van der Waals surface area contributed by atoms with Crippen molar-refractivity contribution < 1.29 is 37.0 Å². The summed E-state index contributed by atoms with van der Waals surface area (Å²) in [7, 11) is 2.27. The Kier molecular flexibility index (Phi) is 7.63. The molecule has 1 aromatic carbocycles. The second-order valence-corrected chi connectivity index (χ2v) is 10.4. The van der Waals surface area contributed by atoms with Crippen LogP contribution in [0.15, 0.2) is 39.3 Å². The highest BCUT2D eigenvalue weighted by atomic mass is 79.9. The zero-order valence-electron chi connectivity index (χ0n) is 19.6. The smallest absolute Gasteiger partial charge is 0.433 e. The van der Waals surface area contributed by atoms with E-state index in [0.29, 0.717) is 10.1 Å². The van der Waals surface area contributed by atoms with Crippen LogP contribution in [-0.4, -0.2) is 46.7 Å². The maximum Gasteiger partial charge on any atom is 0.433 e. The molecule has 198 valence electrons. The first kappa shape index (κ1) is 27.7. The lowest BCUT2D eigenvalue weighted by Crippen LogP contribution is -2.16. The topological polar surface area (TPSA) is 112 Å². The van der Waals surface area contributed by atoms with Gasteiger partial charge in [0.05, 0.1) is 29.9 Å². The van der Waals surface area contributed by atoms with E-state index >= 15 is 0 Å². The summed E-state index contributed by atoms with van der Waals surface area (Å²) in [6.07, 6.45) is -4.83. The maximum atomic E-state index is 14.0. The fourth-order valence-corrected chi connectivity index (χ4v) is 5.39. The summed E-state index contributed by atoms with van der Waals surface area (Å²) < 4.78 is 52.6. The van der Waals surface area contributed by atoms with Crippen LogP contribution < -0.4 is 5.32 Å². The van der Waals surface area contributed by atoms with Crippen molar-refractivity contribution in [2.75, 3.05) is 19.5 Å². The Hall–Kier alpha value is -3.30. The monoisotopic (exact) mass is 674 g/mol. The number of aromatic nitrogens is 3. The third kappa shape index (κ3) is 5.05. The number of alkyl halides is 3. The van der Waals surface area contributed by atoms with E-state index < -0.39 is 35.4 Å². The average Bonchev–Trinajstić information content (AvgIpc) is 3.38. The molecule has 0 aliphatic carbocycles. The van der Waals surface area contributed by atoms with Crippen molar-refractivity contribution in [1.82, 2.24) is 14.6 Å². The second-order valence-electron chi connectivity index (χ2n) is 7.63. The van der Waals surface area contributed by atoms with Crippen LogP contribution in [0.2, 0.25) is 0 Å². The number of benzene rings is 1. The summed E-state index contributed by atoms with van der Waals surface area (Å²) in [5.41, 5.74) is -1.32. The van der Waals surface area contributed by atoms with Gasteiger partial charge >= 0.3 is 18.1 Å². The van der Waals surface area contributed by atoms with E-state index in [-0.39, 0.29) is 36.8 Å². The number of esters is 2. The number of carbonyl (C=O) groups excluding carboxylic acids is 3. The van der Waals surface area contributed by atoms with Gasteiger partial charge in [-0.2, -0.15) is 18.3 Å². The fourth-order valence-electron chi connectivity index (χ4n) is 3.51. The molecule has 1 amide bonds. The minimum Gasteiger partial charge on any atom is -0.465 e. The van der Waals surface area contributed by atoms with Crippen molar-refractivity contribution in [1.29, 1.82) is 0 Å². The molecule has 0 bridgehead atoms. The Balaban J connectivity index is 1.84. The Labute approximate surface area is 233 Å². The Morgan fingerprint density at radius 1 is 1.05 bits per heavy atom. The van der Waals surface area contributed by atoms with Gasteiger partial charge < -0.3 is 14.8 Å². The fraction of sp³-hybridized carbons (Fsp3) is 0.174. The van der Waals surface area contributed by atoms with Gasteiger partial charge in [-0.05, 0) is 46.6 Å². The quantitative estimate of drug-likeness (QED) is 0.253. The number of amides is 1. The number of halogens is 5. The molecule has 0 unspecified atom stereocenters. The van der Waals surface area contributed by atoms with Crippen LogP contribution in [0.5, 0.6) is 0 Å². The molecule has 1 N–H and O–H groups in total. The van der Waals surface area contributed by atoms with Crippen LogP contribution >= 0.6 is 43.2 Å². The number of anilines is 1. The molecule has 0 atom stereocenters. The van der Waals surface area contributed by atoms with Gasteiger partial charge in [0, 0.05) is 10.0 Å². The van der Waals surface area contributed by atoms with Gasteiger partial charge in [0.2, 0.25) is 0 Å². The summed E-state index contributed by atoms with van der Waals surface area (Å²) in [5, 5.41) is 6.24. The second kappa shape index (κ2) is 10.5. The van der Waals surface area contributed by atoms with E-state index in [2.05, 4.69) is 47.3 Å². The first-order chi connectivity index (χ1) is 17.9. The zero-order chi connectivity index (χ0) is 27.9. The third-order valence-corrected chi connectivity index (χ3v) is 7.76. The van der Waals surface area contributed by atoms with Crippen molar-refractivity contribution in [2.45, 2.75) is 13.1 Å². The van der Waals surface area contributed by atoms with Gasteiger partial charge in [0.25, 0.3) is 5.91 Å². The van der Waals surface area contributed by atoms with Crippen LogP contribution in [0, 0.1) is 6.92 Å². The molecule has 0 fully saturated rings. The van der Waals surface area contributed by atoms with Crippen LogP contribution in [0.3, 0.4) is 0 Å². The number of hydrogen-bond acceptors (Lipinski definition) is 8. The van der Waals surface area contributed by atoms with E-state index in [1.165, 1.54) is 6.92 Å². The lowest BCUT2D eigenvalue weighted by molar-refractivity contribution is -0.142. The summed E-state index contributed by atoms with van der Waals surface area (Å²) in [6.45, 7) is 1.47. The van der Waals surface area contributed by atoms with E-state index in [1.807, 2.05) is 0 Å². The molecule has 3 aromatic heterocycles. The molecular formula is C23H15Br2F3N4O5S. The largest absolute Gasteiger partial charge is 0.465 e. The molecule has 4 aromatic rings. The zero-order valence-corrected chi connectivity index (χ0v) is 23.6. The first-order valence-corrected chi connectivity index (χ1v) is 12.8. The van der Waals surface area contributed by atoms with Crippen molar-refractivity contribution in [3.63, 3.8) is 0 Å². The summed E-state index contributed by atoms with van der Waals surface area (Å²) >= 11 is 7.18. The number of nitrogens with one attached hydrogen (secondary N) is 1. The standard InChI is InChI=1S/C23H15Br2F3N4O5S/c1-9-14(21(34)36-2)20(38-17(9)22(35)37-3)30-19(33)16-15(25)18-29-12(10-4-6-11(24)7-5-10)8-13(23(26,27)28)32(18)31-16/h4-8H,1-3H3,(H,30,33). The molecule has 9 nitrogen and oxygen atoms in total. The predicted molar refractivity (Wildman–Crippen MR) is 139 cm³/mol. The Morgan fingerprint density at radius 3 is 2.26 bits per heavy atom. The molecule has 0 aliphatic rings. The summed E-state index contributed by atoms with van der Waals surface area (Å²) in [4.78, 5) is 42.0. The Bertz CT molecular complexity index is 1600. The van der Waals surface area contributed by atoms with Gasteiger partial charge in [-0.1, -0.05) is 28.1 Å². The van der Waals surface area contributed by atoms with Crippen LogP contribution in [0.1, 0.15) is 41.8 Å². The SMILES string of the molecule is COC(=O)c1sc(NC(=O)c2nn3c(C(F)(F)F)cc(-c4ccc(Br)cc4)nc3c2Br)c(C(=O)OC)c1C. The van der Waals surface area contributed by atoms with Gasteiger partial charge in [-0.25, -0.2) is 19.1 Å². The average molecular weight is 676 g/mol. The molecule has 15 heteroatoms. The van der Waals surface area contributed by atoms with Crippen LogP contribution in [-0.2, 0) is 15.7 Å². The van der Waals surface area contributed by atoms with Crippen molar-refractivity contribution in [2.24, 2.45) is 0 Å². The van der Waals surface area contributed by atoms with E-state index in [1.54, 1.807) is 24.3 Å². The summed E-state index contributed by atoms with van der Waals surface area (Å²) in [5.74, 6) is -2.53. The molecule has 0 saturated heterocycles. The molecular weight excluding hydrogens is 661 g/mol. The highest BCUT2D eigenvalue weighted by Gasteiger charge is 2.37. The molecule has 0 aliphatic heterocycles. The van der Waals surface area contributed by atoms with Crippen molar-refractivity contribution in [3.8, 4) is 11.3 Å². The van der Waals surface area contributed by atoms with Crippen LogP contribution in [0.25, 0.3) is 16.9 Å². The van der Waals surface area contributed by atoms with E-state index in [9.17, 15) is 27.6 Å². The molecule has 0 spiro atoms. The number of hydrogen-bond donors (Lipinski definition) is 1. The van der Waals surface area contributed by atoms with Crippen molar-refractivity contribution >= 4 is 71.7 Å². The lowest BCUT2D eigenvalue weighted by atomic mass is 10.1. The van der Waals surface area contributed by atoms with Crippen LogP contribution in [0.4, 0.5) is 18.2 Å². The van der Waals surface area contributed by atoms with E-state index in [4.69, 9.17) is 9.47 Å². The number of rotatable bonds is 5. The normalized spacial score (nSPS) is 11.5. The van der Waals surface area contributed by atoms with Gasteiger partial charge in [-0.3, -0.25) is 4.79 Å². The van der Waals surface area contributed by atoms with Gasteiger partial charge in [-0.15, -0.1) is 11.3 Å². The molecule has 0 radical (unpaired) electrons. The predicted octanol–water partition coefficient (Wildman–Crippen LogP) is 6.14. The third-order valence-electron chi connectivity index (χ3n) is 5.31. The number of carbonyl (C=O) groups is 3.